The zero-order valence-electron chi connectivity index (χ0n) is 43.0. The lowest BCUT2D eigenvalue weighted by Gasteiger charge is -2.26. The number of aliphatic carboxylic acids is 1. The van der Waals surface area contributed by atoms with Crippen LogP contribution in [0.2, 0.25) is 0 Å². The first kappa shape index (κ1) is 62.7. The van der Waals surface area contributed by atoms with Crippen LogP contribution in [0, 0.1) is 0 Å². The van der Waals surface area contributed by atoms with Crippen LogP contribution in [0.25, 0.3) is 0 Å². The molecule has 0 rings (SSSR count). The Morgan fingerprint density at radius 2 is 0.864 bits per heavy atom. The summed E-state index contributed by atoms with van der Waals surface area (Å²) in [6, 6.07) is 0. The summed E-state index contributed by atoms with van der Waals surface area (Å²) in [6.45, 7) is 4.59. The van der Waals surface area contributed by atoms with Gasteiger partial charge in [-0.15, -0.1) is 0 Å². The molecule has 0 spiro atoms. The van der Waals surface area contributed by atoms with Gasteiger partial charge < -0.3 is 33.3 Å². The number of rotatable bonds is 48. The number of quaternary nitrogens is 1. The van der Waals surface area contributed by atoms with Crippen molar-refractivity contribution >= 4 is 17.9 Å². The van der Waals surface area contributed by atoms with Gasteiger partial charge in [0.15, 0.2) is 12.4 Å². The number of carbonyl (C=O) groups is 3. The van der Waals surface area contributed by atoms with Crippen molar-refractivity contribution in [2.45, 2.75) is 225 Å². The fraction of sp³-hybridized carbons (Fsp3) is 0.737. The van der Waals surface area contributed by atoms with Crippen molar-refractivity contribution < 1.29 is 42.9 Å². The molecule has 0 bridgehead atoms. The maximum absolute atomic E-state index is 12.8. The Morgan fingerprint density at radius 1 is 0.470 bits per heavy atom. The van der Waals surface area contributed by atoms with Gasteiger partial charge in [0.05, 0.1) is 40.3 Å². The highest BCUT2D eigenvalue weighted by Crippen LogP contribution is 2.15. The normalized spacial score (nSPS) is 13.4. The lowest BCUT2D eigenvalue weighted by molar-refractivity contribution is -0.870. The SMILES string of the molecule is CC/C=C\C/C=C\C/C=C\C/C=C\C/C=C\C/C=C\CCCCCCCCCCCCCCCCC(=O)OC(COC(=O)CCCCCCCCCC)COC(OCC[N+](C)(C)C)C(=O)[O-]. The molecule has 0 saturated heterocycles. The summed E-state index contributed by atoms with van der Waals surface area (Å²) in [7, 11) is 5.91. The maximum atomic E-state index is 12.8. The van der Waals surface area contributed by atoms with Gasteiger partial charge in [-0.25, -0.2) is 0 Å². The van der Waals surface area contributed by atoms with E-state index in [1.54, 1.807) is 0 Å². The summed E-state index contributed by atoms with van der Waals surface area (Å²) in [5, 5.41) is 11.7. The number of carboxylic acids is 1. The molecule has 2 unspecified atom stereocenters. The molecule has 0 heterocycles. The van der Waals surface area contributed by atoms with Crippen LogP contribution < -0.4 is 5.11 Å². The zero-order chi connectivity index (χ0) is 48.4. The second kappa shape index (κ2) is 48.2. The Balaban J connectivity index is 4.06. The Labute approximate surface area is 405 Å². The fourth-order valence-corrected chi connectivity index (χ4v) is 7.13. The molecule has 0 aliphatic rings. The van der Waals surface area contributed by atoms with Gasteiger partial charge in [-0.05, 0) is 64.2 Å². The standard InChI is InChI=1S/C57H99NO8/c1-6-8-10-12-14-16-17-18-19-20-21-22-23-24-25-26-27-28-29-30-31-32-33-34-35-36-37-38-39-40-42-44-46-48-55(60)66-53(52-65-57(56(61)62)63-50-49-58(3,4)5)51-64-54(59)47-45-43-41-15-13-11-9-7-2/h8,10,14,16,18-19,21-22,24-25,27-28,53,57H,6-7,9,11-13,15,17,20,23,26,29-52H2,1-5H3/b10-8-,16-14-,19-18-,22-21-,25-24-,28-27-. The number of carbonyl (C=O) groups excluding carboxylic acids is 3. The Bertz CT molecular complexity index is 1310. The number of nitrogens with zero attached hydrogens (tertiary/aromatic N) is 1. The van der Waals surface area contributed by atoms with Crippen molar-refractivity contribution in [3.05, 3.63) is 72.9 Å². The minimum absolute atomic E-state index is 0.147. The number of unbranched alkanes of at least 4 members (excludes halogenated alkanes) is 21. The minimum atomic E-state index is -1.62. The van der Waals surface area contributed by atoms with Crippen molar-refractivity contribution in [1.29, 1.82) is 0 Å². The average Bonchev–Trinajstić information content (AvgIpc) is 3.28. The molecule has 0 radical (unpaired) electrons. The van der Waals surface area contributed by atoms with E-state index in [-0.39, 0.29) is 32.2 Å². The van der Waals surface area contributed by atoms with E-state index in [9.17, 15) is 19.5 Å². The highest BCUT2D eigenvalue weighted by Gasteiger charge is 2.22. The molecular formula is C57H99NO8. The quantitative estimate of drug-likeness (QED) is 0.0195. The predicted octanol–water partition coefficient (Wildman–Crippen LogP) is 13.7. The van der Waals surface area contributed by atoms with Gasteiger partial charge in [-0.3, -0.25) is 9.59 Å². The molecule has 0 fully saturated rings. The van der Waals surface area contributed by atoms with E-state index in [0.717, 1.165) is 77.0 Å². The Kier molecular flexibility index (Phi) is 45.8. The lowest BCUT2D eigenvalue weighted by Crippen LogP contribution is -2.44. The summed E-state index contributed by atoms with van der Waals surface area (Å²) in [5.41, 5.74) is 0. The van der Waals surface area contributed by atoms with Gasteiger partial charge in [-0.1, -0.05) is 209 Å². The molecule has 0 aromatic rings. The molecule has 0 aromatic heterocycles. The first-order chi connectivity index (χ1) is 32.1. The molecule has 380 valence electrons. The van der Waals surface area contributed by atoms with Gasteiger partial charge in [-0.2, -0.15) is 0 Å². The van der Waals surface area contributed by atoms with Gasteiger partial charge in [0.2, 0.25) is 0 Å². The molecule has 0 saturated carbocycles. The molecule has 9 heteroatoms. The van der Waals surface area contributed by atoms with Crippen molar-refractivity contribution in [1.82, 2.24) is 0 Å². The largest absolute Gasteiger partial charge is 0.545 e. The molecule has 2 atom stereocenters. The van der Waals surface area contributed by atoms with Gasteiger partial charge in [0.25, 0.3) is 0 Å². The summed E-state index contributed by atoms with van der Waals surface area (Å²) in [6.07, 6.45) is 58.3. The van der Waals surface area contributed by atoms with Crippen LogP contribution >= 0.6 is 0 Å². The number of likely N-dealkylation sites (N-methyl/N-ethyl adjacent to an activating group) is 1. The van der Waals surface area contributed by atoms with E-state index in [1.165, 1.54) is 103 Å². The summed E-state index contributed by atoms with van der Waals surface area (Å²) in [4.78, 5) is 36.9. The second-order valence-corrected chi connectivity index (χ2v) is 18.8. The average molecular weight is 926 g/mol. The molecule has 0 aromatic carbocycles. The monoisotopic (exact) mass is 926 g/mol. The summed E-state index contributed by atoms with van der Waals surface area (Å²) >= 11 is 0. The van der Waals surface area contributed by atoms with Crippen LogP contribution in [0.4, 0.5) is 0 Å². The smallest absolute Gasteiger partial charge is 0.306 e. The van der Waals surface area contributed by atoms with E-state index in [0.29, 0.717) is 23.9 Å². The maximum Gasteiger partial charge on any atom is 0.306 e. The number of allylic oxidation sites excluding steroid dienone is 12. The van der Waals surface area contributed by atoms with Crippen molar-refractivity contribution in [3.63, 3.8) is 0 Å². The third kappa shape index (κ3) is 48.7. The Hall–Kier alpha value is -3.27. The number of hydrogen-bond acceptors (Lipinski definition) is 8. The van der Waals surface area contributed by atoms with Crippen LogP contribution in [0.3, 0.4) is 0 Å². The van der Waals surface area contributed by atoms with E-state index in [1.807, 2.05) is 21.1 Å². The van der Waals surface area contributed by atoms with E-state index in [4.69, 9.17) is 18.9 Å². The first-order valence-electron chi connectivity index (χ1n) is 26.6. The van der Waals surface area contributed by atoms with Gasteiger partial charge >= 0.3 is 11.9 Å². The molecular weight excluding hydrogens is 827 g/mol. The van der Waals surface area contributed by atoms with Gasteiger partial charge in [0, 0.05) is 12.8 Å². The predicted molar refractivity (Wildman–Crippen MR) is 274 cm³/mol. The number of ether oxygens (including phenoxy) is 4. The van der Waals surface area contributed by atoms with Gasteiger partial charge in [0.1, 0.15) is 13.2 Å². The lowest BCUT2D eigenvalue weighted by atomic mass is 10.0. The summed E-state index contributed by atoms with van der Waals surface area (Å²) in [5.74, 6) is -2.29. The number of esters is 2. The Morgan fingerprint density at radius 3 is 1.29 bits per heavy atom. The molecule has 0 aliphatic heterocycles. The number of carboxylic acid groups (broad SMARTS) is 1. The van der Waals surface area contributed by atoms with Crippen molar-refractivity contribution in [2.24, 2.45) is 0 Å². The topological polar surface area (TPSA) is 111 Å². The highest BCUT2D eigenvalue weighted by molar-refractivity contribution is 5.70. The second-order valence-electron chi connectivity index (χ2n) is 18.8. The third-order valence-corrected chi connectivity index (χ3v) is 11.2. The van der Waals surface area contributed by atoms with E-state index < -0.39 is 24.3 Å². The van der Waals surface area contributed by atoms with Crippen LogP contribution in [0.5, 0.6) is 0 Å². The van der Waals surface area contributed by atoms with Crippen molar-refractivity contribution in [3.8, 4) is 0 Å². The van der Waals surface area contributed by atoms with Crippen LogP contribution in [0.1, 0.15) is 213 Å². The van der Waals surface area contributed by atoms with Crippen LogP contribution in [-0.4, -0.2) is 82.3 Å². The zero-order valence-corrected chi connectivity index (χ0v) is 43.0. The van der Waals surface area contributed by atoms with E-state index >= 15 is 0 Å². The number of hydrogen-bond donors (Lipinski definition) is 0. The molecule has 0 aliphatic carbocycles. The molecule has 9 nitrogen and oxygen atoms in total. The minimum Gasteiger partial charge on any atom is -0.545 e. The first-order valence-corrected chi connectivity index (χ1v) is 26.6. The fourth-order valence-electron chi connectivity index (χ4n) is 7.13. The molecule has 0 amide bonds. The highest BCUT2D eigenvalue weighted by atomic mass is 16.7. The summed E-state index contributed by atoms with van der Waals surface area (Å²) < 4.78 is 22.5. The molecule has 66 heavy (non-hydrogen) atoms. The van der Waals surface area contributed by atoms with Crippen LogP contribution in [0.15, 0.2) is 72.9 Å². The van der Waals surface area contributed by atoms with Crippen molar-refractivity contribution in [2.75, 3.05) is 47.5 Å². The van der Waals surface area contributed by atoms with Crippen LogP contribution in [-0.2, 0) is 33.3 Å². The third-order valence-electron chi connectivity index (χ3n) is 11.2. The van der Waals surface area contributed by atoms with E-state index in [2.05, 4.69) is 86.8 Å². The molecule has 0 N–H and O–H groups in total.